The maximum atomic E-state index is 9.82. The van der Waals surface area contributed by atoms with Crippen molar-refractivity contribution in [3.8, 4) is 17.6 Å². The van der Waals surface area contributed by atoms with Gasteiger partial charge in [-0.05, 0) is 73.0 Å². The third-order valence-electron chi connectivity index (χ3n) is 4.98. The molecule has 0 atom stereocenters. The van der Waals surface area contributed by atoms with Crippen LogP contribution in [0, 0.1) is 18.3 Å². The lowest BCUT2D eigenvalue weighted by Crippen LogP contribution is -2.00. The highest BCUT2D eigenvalue weighted by Gasteiger charge is 2.13. The molecular weight excluding hydrogens is 546 g/mol. The number of nitriles is 1. The quantitative estimate of drug-likeness (QED) is 0.236. The van der Waals surface area contributed by atoms with Crippen LogP contribution in [-0.2, 0) is 6.61 Å². The van der Waals surface area contributed by atoms with Gasteiger partial charge in [-0.3, -0.25) is 0 Å². The lowest BCUT2D eigenvalue weighted by molar-refractivity contribution is 0.269. The fourth-order valence-electron chi connectivity index (χ4n) is 3.34. The van der Waals surface area contributed by atoms with E-state index in [4.69, 9.17) is 9.47 Å². The van der Waals surface area contributed by atoms with Gasteiger partial charge in [-0.2, -0.15) is 5.26 Å². The average Bonchev–Trinajstić information content (AvgIpc) is 3.22. The molecule has 0 saturated carbocycles. The van der Waals surface area contributed by atoms with Crippen molar-refractivity contribution in [3.63, 3.8) is 0 Å². The number of hydrogen-bond acceptors (Lipinski definition) is 4. The lowest BCUT2D eigenvalue weighted by atomic mass is 10.1. The number of aryl methyl sites for hydroxylation is 1. The van der Waals surface area contributed by atoms with Gasteiger partial charge in [-0.1, -0.05) is 50.1 Å². The summed E-state index contributed by atoms with van der Waals surface area (Å²) in [6, 6.07) is 19.9. The molecule has 0 amide bonds. The van der Waals surface area contributed by atoms with Crippen LogP contribution in [0.25, 0.3) is 22.7 Å². The summed E-state index contributed by atoms with van der Waals surface area (Å²) in [4.78, 5) is 7.82. The molecule has 5 nitrogen and oxygen atoms in total. The predicted molar refractivity (Wildman–Crippen MR) is 138 cm³/mol. The zero-order valence-corrected chi connectivity index (χ0v) is 21.3. The van der Waals surface area contributed by atoms with E-state index in [1.54, 1.807) is 6.08 Å². The average molecular weight is 567 g/mol. The van der Waals surface area contributed by atoms with Gasteiger partial charge in [-0.25, -0.2) is 4.98 Å². The van der Waals surface area contributed by atoms with E-state index in [9.17, 15) is 5.26 Å². The van der Waals surface area contributed by atoms with E-state index in [2.05, 4.69) is 47.9 Å². The minimum atomic E-state index is 0.414. The molecule has 33 heavy (non-hydrogen) atoms. The van der Waals surface area contributed by atoms with E-state index >= 15 is 0 Å². The molecular formula is C26H21Br2N3O2. The molecule has 0 saturated heterocycles. The second-order valence-electron chi connectivity index (χ2n) is 7.44. The maximum absolute atomic E-state index is 9.82. The molecule has 0 aliphatic heterocycles. The Bertz CT molecular complexity index is 1370. The number of benzene rings is 3. The highest BCUT2D eigenvalue weighted by atomic mass is 79.9. The zero-order chi connectivity index (χ0) is 23.4. The Morgan fingerprint density at radius 2 is 1.82 bits per heavy atom. The third kappa shape index (κ3) is 5.47. The summed E-state index contributed by atoms with van der Waals surface area (Å²) < 4.78 is 13.7. The van der Waals surface area contributed by atoms with Gasteiger partial charge in [0, 0.05) is 8.95 Å². The van der Waals surface area contributed by atoms with Crippen LogP contribution in [0.2, 0.25) is 0 Å². The summed E-state index contributed by atoms with van der Waals surface area (Å²) >= 11 is 7.06. The fraction of sp³-hybridized carbons (Fsp3) is 0.154. The Balaban J connectivity index is 1.65. The first-order valence-corrected chi connectivity index (χ1v) is 12.0. The normalized spacial score (nSPS) is 11.4. The van der Waals surface area contributed by atoms with Crippen LogP contribution < -0.4 is 9.47 Å². The topological polar surface area (TPSA) is 70.9 Å². The van der Waals surface area contributed by atoms with Crippen LogP contribution in [0.4, 0.5) is 0 Å². The van der Waals surface area contributed by atoms with E-state index < -0.39 is 0 Å². The summed E-state index contributed by atoms with van der Waals surface area (Å²) in [5, 5.41) is 9.82. The number of aromatic amines is 1. The van der Waals surface area contributed by atoms with Gasteiger partial charge < -0.3 is 14.5 Å². The second-order valence-corrected chi connectivity index (χ2v) is 9.21. The molecule has 7 heteroatoms. The number of ether oxygens (including phenoxy) is 2. The van der Waals surface area contributed by atoms with Crippen LogP contribution in [0.3, 0.4) is 0 Å². The molecule has 0 spiro atoms. The maximum Gasteiger partial charge on any atom is 0.162 e. The number of nitrogens with one attached hydrogen (secondary N) is 1. The van der Waals surface area contributed by atoms with Crippen molar-refractivity contribution in [2.75, 3.05) is 6.61 Å². The van der Waals surface area contributed by atoms with Gasteiger partial charge in [0.25, 0.3) is 0 Å². The van der Waals surface area contributed by atoms with Crippen LogP contribution in [0.5, 0.6) is 11.5 Å². The summed E-state index contributed by atoms with van der Waals surface area (Å²) in [5.41, 5.74) is 5.12. The van der Waals surface area contributed by atoms with E-state index in [1.165, 1.54) is 0 Å². The summed E-state index contributed by atoms with van der Waals surface area (Å²) in [7, 11) is 0. The monoisotopic (exact) mass is 565 g/mol. The Morgan fingerprint density at radius 3 is 2.55 bits per heavy atom. The van der Waals surface area contributed by atoms with Crippen LogP contribution >= 0.6 is 31.9 Å². The molecule has 0 fully saturated rings. The van der Waals surface area contributed by atoms with Gasteiger partial charge >= 0.3 is 0 Å². The SMILES string of the molecule is CCOc1cc(/C=C(/C#N)c2nc3ccc(C)cc3[nH]2)c(Br)cc1OCc1ccc(Br)cc1. The van der Waals surface area contributed by atoms with Gasteiger partial charge in [0.05, 0.1) is 23.2 Å². The largest absolute Gasteiger partial charge is 0.490 e. The molecule has 0 bridgehead atoms. The van der Waals surface area contributed by atoms with Crippen LogP contribution in [0.15, 0.2) is 63.5 Å². The number of fused-ring (bicyclic) bond motifs is 1. The third-order valence-corrected chi connectivity index (χ3v) is 6.20. The van der Waals surface area contributed by atoms with Crippen LogP contribution in [0.1, 0.15) is 29.4 Å². The number of halogens is 2. The lowest BCUT2D eigenvalue weighted by Gasteiger charge is -2.14. The molecule has 1 heterocycles. The van der Waals surface area contributed by atoms with Crippen molar-refractivity contribution in [1.82, 2.24) is 9.97 Å². The first-order chi connectivity index (χ1) is 16.0. The molecule has 0 unspecified atom stereocenters. The number of aromatic nitrogens is 2. The minimum Gasteiger partial charge on any atom is -0.490 e. The zero-order valence-electron chi connectivity index (χ0n) is 18.2. The van der Waals surface area contributed by atoms with Crippen molar-refractivity contribution in [2.24, 2.45) is 0 Å². The molecule has 1 aromatic heterocycles. The molecule has 0 radical (unpaired) electrons. The van der Waals surface area contributed by atoms with E-state index in [1.807, 2.05) is 68.4 Å². The van der Waals surface area contributed by atoms with Crippen molar-refractivity contribution in [2.45, 2.75) is 20.5 Å². The van der Waals surface area contributed by atoms with Gasteiger partial charge in [0.1, 0.15) is 18.5 Å². The molecule has 0 aliphatic carbocycles. The molecule has 4 rings (SSSR count). The van der Waals surface area contributed by atoms with Crippen molar-refractivity contribution in [1.29, 1.82) is 5.26 Å². The number of H-pyrrole nitrogens is 1. The number of rotatable bonds is 7. The second kappa shape index (κ2) is 10.2. The molecule has 166 valence electrons. The van der Waals surface area contributed by atoms with E-state index in [0.717, 1.165) is 36.7 Å². The summed E-state index contributed by atoms with van der Waals surface area (Å²) in [6.45, 7) is 4.85. The van der Waals surface area contributed by atoms with Gasteiger partial charge in [-0.15, -0.1) is 0 Å². The van der Waals surface area contributed by atoms with Gasteiger partial charge in [0.2, 0.25) is 0 Å². The minimum absolute atomic E-state index is 0.414. The Hall–Kier alpha value is -3.08. The van der Waals surface area contributed by atoms with E-state index in [0.29, 0.717) is 36.1 Å². The van der Waals surface area contributed by atoms with Crippen molar-refractivity contribution >= 4 is 54.5 Å². The Kier molecular flexibility index (Phi) is 7.17. The number of nitrogens with zero attached hydrogens (tertiary/aromatic N) is 2. The number of allylic oxidation sites excluding steroid dienone is 1. The van der Waals surface area contributed by atoms with Gasteiger partial charge in [0.15, 0.2) is 11.5 Å². The van der Waals surface area contributed by atoms with Crippen molar-refractivity contribution < 1.29 is 9.47 Å². The molecule has 4 aromatic rings. The summed E-state index contributed by atoms with van der Waals surface area (Å²) in [5.74, 6) is 1.77. The highest BCUT2D eigenvalue weighted by Crippen LogP contribution is 2.36. The highest BCUT2D eigenvalue weighted by molar-refractivity contribution is 9.10. The smallest absolute Gasteiger partial charge is 0.162 e. The number of imidazole rings is 1. The molecule has 3 aromatic carbocycles. The number of hydrogen-bond donors (Lipinski definition) is 1. The van der Waals surface area contributed by atoms with E-state index in [-0.39, 0.29) is 0 Å². The Labute approximate surface area is 209 Å². The first kappa shape index (κ1) is 23.1. The van der Waals surface area contributed by atoms with Crippen molar-refractivity contribution in [3.05, 3.63) is 86.1 Å². The molecule has 1 N–H and O–H groups in total. The standard InChI is InChI=1S/C26H21Br2N3O2/c1-3-32-24-12-18(21(28)13-25(24)33-15-17-5-7-20(27)8-6-17)11-19(14-29)26-30-22-9-4-16(2)10-23(22)31-26/h4-13H,3,15H2,1-2H3,(H,30,31)/b19-11-. The first-order valence-electron chi connectivity index (χ1n) is 10.4. The Morgan fingerprint density at radius 1 is 1.06 bits per heavy atom. The predicted octanol–water partition coefficient (Wildman–Crippen LogP) is 7.44. The molecule has 0 aliphatic rings. The van der Waals surface area contributed by atoms with Crippen LogP contribution in [-0.4, -0.2) is 16.6 Å². The fourth-order valence-corrected chi connectivity index (χ4v) is 4.05. The summed E-state index contributed by atoms with van der Waals surface area (Å²) in [6.07, 6.45) is 1.79.